The molecule has 0 spiro atoms. The van der Waals surface area contributed by atoms with Crippen molar-refractivity contribution in [3.63, 3.8) is 0 Å². The predicted molar refractivity (Wildman–Crippen MR) is 67.3 cm³/mol. The molecule has 1 aromatic rings. The van der Waals surface area contributed by atoms with Gasteiger partial charge < -0.3 is 4.90 Å². The van der Waals surface area contributed by atoms with Crippen molar-refractivity contribution in [1.29, 1.82) is 0 Å². The number of hydrogen-bond acceptors (Lipinski definition) is 3. The molecule has 2 rings (SSSR count). The minimum Gasteiger partial charge on any atom is -0.345 e. The van der Waals surface area contributed by atoms with E-state index in [0.29, 0.717) is 17.1 Å². The smallest absolute Gasteiger partial charge is 0.187 e. The average Bonchev–Trinajstić information content (AvgIpc) is 2.82. The van der Waals surface area contributed by atoms with Crippen molar-refractivity contribution in [2.75, 3.05) is 11.4 Å². The van der Waals surface area contributed by atoms with E-state index in [4.69, 9.17) is 23.2 Å². The quantitative estimate of drug-likeness (QED) is 0.770. The lowest BCUT2D eigenvalue weighted by atomic mass is 10.2. The van der Waals surface area contributed by atoms with Crippen molar-refractivity contribution in [3.8, 4) is 0 Å². The fraction of sp³-hybridized carbons (Fsp3) is 0.700. The molecule has 1 aliphatic rings. The van der Waals surface area contributed by atoms with E-state index in [1.54, 1.807) is 11.3 Å². The van der Waals surface area contributed by atoms with Crippen LogP contribution in [0.3, 0.4) is 0 Å². The summed E-state index contributed by atoms with van der Waals surface area (Å²) in [7, 11) is 0. The molecule has 1 fully saturated rings. The molecule has 1 atom stereocenters. The van der Waals surface area contributed by atoms with E-state index >= 15 is 0 Å². The molecule has 0 bridgehead atoms. The first-order valence-corrected chi connectivity index (χ1v) is 6.97. The van der Waals surface area contributed by atoms with Crippen LogP contribution in [0.15, 0.2) is 0 Å². The summed E-state index contributed by atoms with van der Waals surface area (Å²) in [6.07, 6.45) is 3.70. The van der Waals surface area contributed by atoms with Crippen LogP contribution in [0, 0.1) is 0 Å². The van der Waals surface area contributed by atoms with E-state index in [-0.39, 0.29) is 0 Å². The zero-order valence-corrected chi connectivity index (χ0v) is 11.0. The van der Waals surface area contributed by atoms with Crippen molar-refractivity contribution in [1.82, 2.24) is 4.98 Å². The van der Waals surface area contributed by atoms with E-state index < -0.39 is 0 Å². The second kappa shape index (κ2) is 4.89. The number of aromatic nitrogens is 1. The normalized spacial score (nSPS) is 21.3. The Balaban J connectivity index is 2.21. The fourth-order valence-electron chi connectivity index (χ4n) is 2.04. The molecule has 15 heavy (non-hydrogen) atoms. The highest BCUT2D eigenvalue weighted by molar-refractivity contribution is 7.16. The van der Waals surface area contributed by atoms with Gasteiger partial charge in [0.15, 0.2) is 5.13 Å². The number of hydrogen-bond donors (Lipinski definition) is 0. The Labute approximate surface area is 104 Å². The zero-order valence-electron chi connectivity index (χ0n) is 8.67. The Morgan fingerprint density at radius 3 is 3.00 bits per heavy atom. The average molecular weight is 265 g/mol. The molecule has 2 nitrogen and oxygen atoms in total. The van der Waals surface area contributed by atoms with Gasteiger partial charge in [0, 0.05) is 12.6 Å². The summed E-state index contributed by atoms with van der Waals surface area (Å²) in [6.45, 7) is 3.32. The molecular weight excluding hydrogens is 251 g/mol. The molecule has 0 amide bonds. The minimum absolute atomic E-state index is 0.459. The largest absolute Gasteiger partial charge is 0.345 e. The second-order valence-corrected chi connectivity index (χ2v) is 5.43. The molecule has 1 aliphatic heterocycles. The molecule has 1 unspecified atom stereocenters. The number of alkyl halides is 1. The highest BCUT2D eigenvalue weighted by Crippen LogP contribution is 2.35. The van der Waals surface area contributed by atoms with Gasteiger partial charge in [0.2, 0.25) is 0 Å². The lowest BCUT2D eigenvalue weighted by Crippen LogP contribution is -2.28. The molecule has 2 heterocycles. The van der Waals surface area contributed by atoms with Gasteiger partial charge >= 0.3 is 0 Å². The molecule has 1 saturated heterocycles. The van der Waals surface area contributed by atoms with Gasteiger partial charge in [-0.2, -0.15) is 0 Å². The highest BCUT2D eigenvalue weighted by atomic mass is 35.5. The van der Waals surface area contributed by atoms with E-state index in [9.17, 15) is 0 Å². The van der Waals surface area contributed by atoms with Gasteiger partial charge in [-0.3, -0.25) is 0 Å². The maximum Gasteiger partial charge on any atom is 0.187 e. The van der Waals surface area contributed by atoms with Crippen LogP contribution in [0.2, 0.25) is 5.15 Å². The predicted octanol–water partition coefficient (Wildman–Crippen LogP) is 3.91. The Bertz CT molecular complexity index is 340. The molecular formula is C10H14Cl2N2S. The SMILES string of the molecule is CCC1CCCN1c1nc(Cl)c(CCl)s1. The molecule has 0 aromatic carbocycles. The lowest BCUT2D eigenvalue weighted by Gasteiger charge is -2.22. The summed E-state index contributed by atoms with van der Waals surface area (Å²) in [4.78, 5) is 7.74. The van der Waals surface area contributed by atoms with Gasteiger partial charge in [0.25, 0.3) is 0 Å². The molecule has 84 valence electrons. The zero-order chi connectivity index (χ0) is 10.8. The standard InChI is InChI=1S/C10H14Cl2N2S/c1-2-7-4-3-5-14(7)10-13-9(12)8(6-11)15-10/h7H,2-6H2,1H3. The summed E-state index contributed by atoms with van der Waals surface area (Å²) in [5.41, 5.74) is 0. The summed E-state index contributed by atoms with van der Waals surface area (Å²) < 4.78 is 0. The third-order valence-electron chi connectivity index (χ3n) is 2.85. The summed E-state index contributed by atoms with van der Waals surface area (Å²) in [6, 6.07) is 0.635. The van der Waals surface area contributed by atoms with Gasteiger partial charge in [0.05, 0.1) is 10.8 Å². The Morgan fingerprint density at radius 2 is 2.40 bits per heavy atom. The second-order valence-electron chi connectivity index (χ2n) is 3.74. The first-order valence-electron chi connectivity index (χ1n) is 5.24. The van der Waals surface area contributed by atoms with Crippen molar-refractivity contribution >= 4 is 39.7 Å². The van der Waals surface area contributed by atoms with Crippen LogP contribution in [0.1, 0.15) is 31.1 Å². The van der Waals surface area contributed by atoms with Crippen molar-refractivity contribution in [3.05, 3.63) is 10.0 Å². The molecule has 1 aromatic heterocycles. The van der Waals surface area contributed by atoms with Gasteiger partial charge in [0.1, 0.15) is 5.15 Å². The number of nitrogens with zero attached hydrogens (tertiary/aromatic N) is 2. The summed E-state index contributed by atoms with van der Waals surface area (Å²) in [5.74, 6) is 0.459. The first kappa shape index (κ1) is 11.5. The lowest BCUT2D eigenvalue weighted by molar-refractivity contribution is 0.644. The molecule has 0 radical (unpaired) electrons. The maximum absolute atomic E-state index is 6.00. The maximum atomic E-state index is 6.00. The molecule has 0 saturated carbocycles. The van der Waals surface area contributed by atoms with E-state index in [2.05, 4.69) is 16.8 Å². The van der Waals surface area contributed by atoms with Gasteiger partial charge in [-0.05, 0) is 19.3 Å². The van der Waals surface area contributed by atoms with Crippen LogP contribution < -0.4 is 4.90 Å². The van der Waals surface area contributed by atoms with Gasteiger partial charge in [-0.25, -0.2) is 4.98 Å². The topological polar surface area (TPSA) is 16.1 Å². The van der Waals surface area contributed by atoms with Gasteiger partial charge in [-0.15, -0.1) is 11.6 Å². The highest BCUT2D eigenvalue weighted by Gasteiger charge is 2.26. The van der Waals surface area contributed by atoms with Crippen LogP contribution in [-0.4, -0.2) is 17.6 Å². The van der Waals surface area contributed by atoms with Gasteiger partial charge in [-0.1, -0.05) is 29.9 Å². The fourth-order valence-corrected chi connectivity index (χ4v) is 3.61. The van der Waals surface area contributed by atoms with Crippen LogP contribution in [0.25, 0.3) is 0 Å². The van der Waals surface area contributed by atoms with E-state index in [1.807, 2.05) is 0 Å². The van der Waals surface area contributed by atoms with E-state index in [0.717, 1.165) is 16.6 Å². The Morgan fingerprint density at radius 1 is 1.60 bits per heavy atom. The first-order chi connectivity index (χ1) is 7.26. The van der Waals surface area contributed by atoms with Crippen LogP contribution >= 0.6 is 34.5 Å². The van der Waals surface area contributed by atoms with E-state index in [1.165, 1.54) is 19.3 Å². The van der Waals surface area contributed by atoms with Crippen molar-refractivity contribution in [2.45, 2.75) is 38.1 Å². The van der Waals surface area contributed by atoms with Crippen LogP contribution in [0.5, 0.6) is 0 Å². The molecule has 5 heteroatoms. The molecule has 0 aliphatic carbocycles. The van der Waals surface area contributed by atoms with Crippen molar-refractivity contribution in [2.24, 2.45) is 0 Å². The summed E-state index contributed by atoms with van der Waals surface area (Å²) in [5, 5.41) is 1.62. The third kappa shape index (κ3) is 2.24. The third-order valence-corrected chi connectivity index (χ3v) is 4.80. The monoisotopic (exact) mass is 264 g/mol. The summed E-state index contributed by atoms with van der Waals surface area (Å²) >= 11 is 13.4. The van der Waals surface area contributed by atoms with Crippen molar-refractivity contribution < 1.29 is 0 Å². The Kier molecular flexibility index (Phi) is 3.75. The number of anilines is 1. The Hall–Kier alpha value is 0.01000. The van der Waals surface area contributed by atoms with Crippen LogP contribution in [-0.2, 0) is 5.88 Å². The number of thiazole rings is 1. The number of halogens is 2. The molecule has 0 N–H and O–H groups in total. The minimum atomic E-state index is 0.459. The number of rotatable bonds is 3. The van der Waals surface area contributed by atoms with Crippen LogP contribution in [0.4, 0.5) is 5.13 Å².